The zero-order valence-corrected chi connectivity index (χ0v) is 27.3. The van der Waals surface area contributed by atoms with Crippen molar-refractivity contribution in [3.8, 4) is 17.2 Å². The van der Waals surface area contributed by atoms with Crippen LogP contribution in [0.2, 0.25) is 0 Å². The lowest BCUT2D eigenvalue weighted by Gasteiger charge is -2.12. The van der Waals surface area contributed by atoms with E-state index in [1.165, 1.54) is 47.8 Å². The van der Waals surface area contributed by atoms with Gasteiger partial charge in [0.15, 0.2) is 0 Å². The first kappa shape index (κ1) is 27.4. The molecule has 0 unspecified atom stereocenters. The van der Waals surface area contributed by atoms with Gasteiger partial charge in [-0.05, 0) is 45.8 Å². The smallest absolute Gasteiger partial charge is 0.235 e. The van der Waals surface area contributed by atoms with Gasteiger partial charge in [0.2, 0.25) is 5.95 Å². The zero-order chi connectivity index (χ0) is 30.6. The Morgan fingerprint density at radius 2 is 1.19 bits per heavy atom. The van der Waals surface area contributed by atoms with Gasteiger partial charge in [0.25, 0.3) is 0 Å². The molecule has 0 aliphatic carbocycles. The summed E-state index contributed by atoms with van der Waals surface area (Å²) >= 11 is 1.77. The molecule has 0 aliphatic rings. The van der Waals surface area contributed by atoms with Gasteiger partial charge in [0.05, 0.1) is 32.5 Å². The summed E-state index contributed by atoms with van der Waals surface area (Å²) in [6, 6.07) is 49.9. The predicted octanol–water partition coefficient (Wildman–Crippen LogP) is 11.7. The maximum Gasteiger partial charge on any atom is 0.235 e. The molecule has 0 aliphatic heterocycles. The third kappa shape index (κ3) is 3.67. The van der Waals surface area contributed by atoms with Gasteiger partial charge in [-0.2, -0.15) is 13.5 Å². The van der Waals surface area contributed by atoms with E-state index in [1.807, 2.05) is 0 Å². The van der Waals surface area contributed by atoms with Crippen LogP contribution in [0, 0.1) is 0 Å². The number of hydrogen-bond donors (Lipinski definition) is 1. The van der Waals surface area contributed by atoms with Crippen molar-refractivity contribution in [1.82, 2.24) is 19.5 Å². The van der Waals surface area contributed by atoms with Crippen LogP contribution in [-0.4, -0.2) is 19.5 Å². The minimum absolute atomic E-state index is 0. The van der Waals surface area contributed by atoms with E-state index in [0.29, 0.717) is 5.95 Å². The average Bonchev–Trinajstić information content (AvgIpc) is 3.80. The Morgan fingerprint density at radius 1 is 0.521 bits per heavy atom. The number of aromatic amines is 1. The van der Waals surface area contributed by atoms with Crippen molar-refractivity contribution in [2.24, 2.45) is 0 Å². The lowest BCUT2D eigenvalue weighted by Crippen LogP contribution is -2.03. The number of para-hydroxylation sites is 1. The number of aromatic nitrogens is 4. The average molecular weight is 651 g/mol. The fraction of sp³-hybridized carbons (Fsp3) is 0. The highest BCUT2D eigenvalue weighted by atomic mass is 32.1. The molecule has 0 radical (unpaired) electrons. The predicted molar refractivity (Wildman–Crippen MR) is 209 cm³/mol. The summed E-state index contributed by atoms with van der Waals surface area (Å²) in [6.07, 6.45) is 0. The quantitative estimate of drug-likeness (QED) is 0.202. The molecule has 0 bridgehead atoms. The van der Waals surface area contributed by atoms with Gasteiger partial charge in [0, 0.05) is 42.7 Å². The molecule has 4 nitrogen and oxygen atoms in total. The van der Waals surface area contributed by atoms with Crippen molar-refractivity contribution in [3.63, 3.8) is 0 Å². The molecule has 4 heterocycles. The summed E-state index contributed by atoms with van der Waals surface area (Å²) in [5.74, 6) is 0.676. The Labute approximate surface area is 285 Å². The number of thiophene rings is 1. The van der Waals surface area contributed by atoms with E-state index in [-0.39, 0.29) is 13.5 Å². The molecule has 226 valence electrons. The molecular weight excluding hydrogens is 625 g/mol. The second-order valence-electron chi connectivity index (χ2n) is 12.2. The van der Waals surface area contributed by atoms with E-state index >= 15 is 0 Å². The SMILES string of the molecule is S.c1ccc2c(-c3nc(-n4c5ccc6ccccc6c5c5c6[nH]c7ccccc7c6ccc54)nc4c3sc3ccccc34)cccc2c1. The minimum atomic E-state index is 0. The Hall–Kier alpha value is -5.69. The molecule has 0 spiro atoms. The van der Waals surface area contributed by atoms with Gasteiger partial charge in [-0.1, -0.05) is 115 Å². The molecule has 11 rings (SSSR count). The normalized spacial score (nSPS) is 12.0. The van der Waals surface area contributed by atoms with E-state index in [4.69, 9.17) is 9.97 Å². The van der Waals surface area contributed by atoms with Gasteiger partial charge in [-0.25, -0.2) is 9.97 Å². The summed E-state index contributed by atoms with van der Waals surface area (Å²) in [5.41, 5.74) is 7.52. The number of fused-ring (bicyclic) bond motifs is 13. The lowest BCUT2D eigenvalue weighted by molar-refractivity contribution is 1.02. The molecule has 6 heteroatoms. The lowest BCUT2D eigenvalue weighted by atomic mass is 10.0. The molecule has 1 N–H and O–H groups in total. The van der Waals surface area contributed by atoms with Crippen LogP contribution in [0.25, 0.3) is 103 Å². The van der Waals surface area contributed by atoms with E-state index in [1.54, 1.807) is 11.3 Å². The van der Waals surface area contributed by atoms with Crippen molar-refractivity contribution in [1.29, 1.82) is 0 Å². The topological polar surface area (TPSA) is 46.5 Å². The molecule has 48 heavy (non-hydrogen) atoms. The summed E-state index contributed by atoms with van der Waals surface area (Å²) in [7, 11) is 0. The van der Waals surface area contributed by atoms with Crippen LogP contribution in [0.1, 0.15) is 0 Å². The highest BCUT2D eigenvalue weighted by molar-refractivity contribution is 7.59. The van der Waals surface area contributed by atoms with E-state index in [0.717, 1.165) is 48.9 Å². The highest BCUT2D eigenvalue weighted by Gasteiger charge is 2.23. The molecule has 0 saturated heterocycles. The number of benzene rings is 7. The molecule has 0 fully saturated rings. The van der Waals surface area contributed by atoms with Gasteiger partial charge in [-0.3, -0.25) is 4.57 Å². The van der Waals surface area contributed by atoms with Gasteiger partial charge in [-0.15, -0.1) is 11.3 Å². The molecule has 11 aromatic rings. The third-order valence-electron chi connectivity index (χ3n) is 9.75. The molecule has 7 aromatic carbocycles. The summed E-state index contributed by atoms with van der Waals surface area (Å²) in [5, 5.41) is 10.8. The summed E-state index contributed by atoms with van der Waals surface area (Å²) in [4.78, 5) is 14.7. The summed E-state index contributed by atoms with van der Waals surface area (Å²) in [6.45, 7) is 0. The summed E-state index contributed by atoms with van der Waals surface area (Å²) < 4.78 is 4.60. The Kier molecular flexibility index (Phi) is 5.80. The number of nitrogens with one attached hydrogen (secondary N) is 1. The van der Waals surface area contributed by atoms with E-state index in [2.05, 4.69) is 149 Å². The van der Waals surface area contributed by atoms with Gasteiger partial charge < -0.3 is 4.98 Å². The second kappa shape index (κ2) is 10.2. The third-order valence-corrected chi connectivity index (χ3v) is 10.9. The number of hydrogen-bond acceptors (Lipinski definition) is 3. The fourth-order valence-corrected chi connectivity index (χ4v) is 8.84. The van der Waals surface area contributed by atoms with Crippen LogP contribution >= 0.6 is 24.8 Å². The Balaban J connectivity index is 0.00000295. The maximum atomic E-state index is 5.51. The molecule has 0 atom stereocenters. The van der Waals surface area contributed by atoms with Crippen LogP contribution in [0.5, 0.6) is 0 Å². The van der Waals surface area contributed by atoms with Crippen molar-refractivity contribution in [2.75, 3.05) is 0 Å². The number of H-pyrrole nitrogens is 1. The first-order chi connectivity index (χ1) is 23.3. The largest absolute Gasteiger partial charge is 0.354 e. The van der Waals surface area contributed by atoms with Gasteiger partial charge >= 0.3 is 0 Å². The van der Waals surface area contributed by atoms with Gasteiger partial charge in [0.1, 0.15) is 0 Å². The van der Waals surface area contributed by atoms with Crippen molar-refractivity contribution >= 4 is 110 Å². The van der Waals surface area contributed by atoms with Crippen molar-refractivity contribution in [3.05, 3.63) is 140 Å². The monoisotopic (exact) mass is 650 g/mol. The van der Waals surface area contributed by atoms with Crippen LogP contribution in [0.3, 0.4) is 0 Å². The fourth-order valence-electron chi connectivity index (χ4n) is 7.69. The highest BCUT2D eigenvalue weighted by Crippen LogP contribution is 2.44. The standard InChI is InChI=1S/C42H24N4S.H2S/c1-3-13-26-24(10-1)12-9-17-29(26)39-41-40(31-16-6-8-19-35(31)47-41)45-42(44-39)46-33-22-20-25-11-2-4-14-27(25)36(33)37-34(46)23-21-30-28-15-5-7-18-32(28)43-38(30)37;/h1-23,43H;1H2. The van der Waals surface area contributed by atoms with Crippen molar-refractivity contribution in [2.45, 2.75) is 0 Å². The molecule has 0 amide bonds. The second-order valence-corrected chi connectivity index (χ2v) is 13.3. The first-order valence-corrected chi connectivity index (χ1v) is 16.7. The van der Waals surface area contributed by atoms with Crippen LogP contribution < -0.4 is 0 Å². The van der Waals surface area contributed by atoms with Crippen molar-refractivity contribution < 1.29 is 0 Å². The number of nitrogens with zero attached hydrogens (tertiary/aromatic N) is 3. The van der Waals surface area contributed by atoms with Crippen LogP contribution in [0.4, 0.5) is 0 Å². The van der Waals surface area contributed by atoms with Crippen LogP contribution in [0.15, 0.2) is 140 Å². The number of rotatable bonds is 2. The molecular formula is C42H26N4S2. The first-order valence-electron chi connectivity index (χ1n) is 15.8. The Bertz CT molecular complexity index is 3090. The molecule has 0 saturated carbocycles. The van der Waals surface area contributed by atoms with E-state index < -0.39 is 0 Å². The van der Waals surface area contributed by atoms with E-state index in [9.17, 15) is 0 Å². The maximum absolute atomic E-state index is 5.51. The molecule has 4 aromatic heterocycles. The minimum Gasteiger partial charge on any atom is -0.354 e. The Morgan fingerprint density at radius 3 is 2.06 bits per heavy atom. The zero-order valence-electron chi connectivity index (χ0n) is 25.5. The van der Waals surface area contributed by atoms with Crippen LogP contribution in [-0.2, 0) is 0 Å².